The van der Waals surface area contributed by atoms with Crippen LogP contribution in [-0.2, 0) is 6.54 Å². The lowest BCUT2D eigenvalue weighted by molar-refractivity contribution is 0.201. The lowest BCUT2D eigenvalue weighted by Gasteiger charge is -2.29. The van der Waals surface area contributed by atoms with E-state index in [-0.39, 0.29) is 5.41 Å². The second-order valence-corrected chi connectivity index (χ2v) is 9.46. The molecule has 0 radical (unpaired) electrons. The summed E-state index contributed by atoms with van der Waals surface area (Å²) in [4.78, 5) is 11.6. The minimum Gasteiger partial charge on any atom is -0.493 e. The van der Waals surface area contributed by atoms with Crippen molar-refractivity contribution in [3.63, 3.8) is 0 Å². The van der Waals surface area contributed by atoms with Crippen molar-refractivity contribution in [3.8, 4) is 17.0 Å². The number of anilines is 2. The Morgan fingerprint density at radius 2 is 1.91 bits per heavy atom. The van der Waals surface area contributed by atoms with Gasteiger partial charge in [0.1, 0.15) is 5.75 Å². The molecule has 1 aliphatic heterocycles. The predicted octanol–water partition coefficient (Wildman–Crippen LogP) is 6.07. The maximum Gasteiger partial charge on any atom is 0.227 e. The van der Waals surface area contributed by atoms with Crippen LogP contribution in [0, 0.1) is 5.41 Å². The molecular formula is C27H32N4O. The average Bonchev–Trinajstić information content (AvgIpc) is 2.75. The van der Waals surface area contributed by atoms with E-state index in [1.165, 1.54) is 5.56 Å². The number of aromatic nitrogens is 2. The van der Waals surface area contributed by atoms with Crippen LogP contribution >= 0.6 is 0 Å². The Kier molecular flexibility index (Phi) is 6.86. The number of rotatable bonds is 1. The largest absolute Gasteiger partial charge is 0.493 e. The molecule has 4 rings (SSSR count). The Morgan fingerprint density at radius 1 is 1.03 bits per heavy atom. The van der Waals surface area contributed by atoms with Gasteiger partial charge >= 0.3 is 0 Å². The van der Waals surface area contributed by atoms with E-state index in [2.05, 4.69) is 72.4 Å². The first-order valence-electron chi connectivity index (χ1n) is 11.2. The van der Waals surface area contributed by atoms with Gasteiger partial charge in [0.05, 0.1) is 12.3 Å². The van der Waals surface area contributed by atoms with Crippen LogP contribution in [0.15, 0.2) is 72.9 Å². The van der Waals surface area contributed by atoms with Crippen molar-refractivity contribution in [2.75, 3.05) is 25.0 Å². The molecule has 2 heterocycles. The number of hydrogen-bond donors (Lipinski definition) is 1. The van der Waals surface area contributed by atoms with Crippen LogP contribution in [0.4, 0.5) is 11.6 Å². The molecule has 0 atom stereocenters. The molecule has 0 saturated heterocycles. The lowest BCUT2D eigenvalue weighted by Crippen LogP contribution is -2.32. The fourth-order valence-electron chi connectivity index (χ4n) is 3.90. The molecule has 5 nitrogen and oxygen atoms in total. The number of nitrogens with one attached hydrogen (secondary N) is 1. The van der Waals surface area contributed by atoms with Gasteiger partial charge in [-0.3, -0.25) is 4.90 Å². The summed E-state index contributed by atoms with van der Waals surface area (Å²) in [7, 11) is 0. The minimum atomic E-state index is 0.225. The Morgan fingerprint density at radius 3 is 2.78 bits per heavy atom. The summed E-state index contributed by atoms with van der Waals surface area (Å²) in [6.07, 6.45) is 7.15. The third-order valence-electron chi connectivity index (χ3n) is 5.16. The van der Waals surface area contributed by atoms with Crippen LogP contribution in [0.1, 0.15) is 32.8 Å². The molecule has 2 aromatic carbocycles. The second-order valence-electron chi connectivity index (χ2n) is 9.46. The first-order chi connectivity index (χ1) is 15.4. The van der Waals surface area contributed by atoms with E-state index in [4.69, 9.17) is 9.72 Å². The van der Waals surface area contributed by atoms with Gasteiger partial charge < -0.3 is 10.1 Å². The summed E-state index contributed by atoms with van der Waals surface area (Å²) in [5.74, 6) is 1.44. The maximum atomic E-state index is 5.98. The lowest BCUT2D eigenvalue weighted by atomic mass is 9.95. The summed E-state index contributed by atoms with van der Waals surface area (Å²) in [5, 5.41) is 3.37. The van der Waals surface area contributed by atoms with Crippen molar-refractivity contribution in [2.45, 2.75) is 33.7 Å². The van der Waals surface area contributed by atoms with E-state index >= 15 is 0 Å². The fraction of sp³-hybridized carbons (Fsp3) is 0.333. The molecule has 0 unspecified atom stereocenters. The van der Waals surface area contributed by atoms with Crippen molar-refractivity contribution in [1.29, 1.82) is 0 Å². The van der Waals surface area contributed by atoms with E-state index in [1.54, 1.807) is 6.20 Å². The highest BCUT2D eigenvalue weighted by Gasteiger charge is 2.16. The molecule has 0 fully saturated rings. The Hall–Kier alpha value is -3.18. The standard InChI is InChI=1S/C27H32N4O/c1-27(2,3)20-31-15-5-4-6-16-32-24-12-8-10-22(18-24)25-13-14-28-26(30-25)29-23-11-7-9-21(17-23)19-31/h4-5,7-14,17-18H,6,15-16,19-20H2,1-3H3,(H,28,29,30)/b5-4+. The molecule has 0 spiro atoms. The average molecular weight is 429 g/mol. The van der Waals surface area contributed by atoms with Gasteiger partial charge in [-0.25, -0.2) is 9.97 Å². The van der Waals surface area contributed by atoms with Gasteiger partial charge in [-0.2, -0.15) is 0 Å². The molecule has 5 heteroatoms. The highest BCUT2D eigenvalue weighted by Crippen LogP contribution is 2.25. The molecule has 32 heavy (non-hydrogen) atoms. The van der Waals surface area contributed by atoms with Crippen molar-refractivity contribution < 1.29 is 4.74 Å². The number of nitrogens with zero attached hydrogens (tertiary/aromatic N) is 3. The fourth-order valence-corrected chi connectivity index (χ4v) is 3.90. The summed E-state index contributed by atoms with van der Waals surface area (Å²) in [6.45, 7) is 10.3. The second kappa shape index (κ2) is 9.96. The van der Waals surface area contributed by atoms with Gasteiger partial charge in [-0.05, 0) is 47.7 Å². The zero-order valence-corrected chi connectivity index (χ0v) is 19.2. The molecule has 0 amide bonds. The normalized spacial score (nSPS) is 16.2. The molecule has 0 saturated carbocycles. The number of fused-ring (bicyclic) bond motifs is 7. The van der Waals surface area contributed by atoms with Crippen LogP contribution in [0.2, 0.25) is 0 Å². The quantitative estimate of drug-likeness (QED) is 0.477. The van der Waals surface area contributed by atoms with Crippen LogP contribution in [-0.4, -0.2) is 34.6 Å². The van der Waals surface area contributed by atoms with Gasteiger partial charge in [0.2, 0.25) is 5.95 Å². The van der Waals surface area contributed by atoms with E-state index < -0.39 is 0 Å². The minimum absolute atomic E-state index is 0.225. The monoisotopic (exact) mass is 428 g/mol. The predicted molar refractivity (Wildman–Crippen MR) is 131 cm³/mol. The van der Waals surface area contributed by atoms with Gasteiger partial charge in [0, 0.05) is 37.1 Å². The Labute approximate surface area is 191 Å². The van der Waals surface area contributed by atoms with Gasteiger partial charge in [0.25, 0.3) is 0 Å². The highest BCUT2D eigenvalue weighted by atomic mass is 16.5. The number of hydrogen-bond acceptors (Lipinski definition) is 5. The molecule has 166 valence electrons. The Balaban J connectivity index is 1.65. The van der Waals surface area contributed by atoms with Gasteiger partial charge in [-0.15, -0.1) is 0 Å². The summed E-state index contributed by atoms with van der Waals surface area (Å²) >= 11 is 0. The van der Waals surface area contributed by atoms with Gasteiger partial charge in [0.15, 0.2) is 0 Å². The zero-order chi connectivity index (χ0) is 22.4. The molecule has 3 aromatic rings. The van der Waals surface area contributed by atoms with E-state index in [0.717, 1.165) is 48.7 Å². The van der Waals surface area contributed by atoms with E-state index in [1.807, 2.05) is 30.3 Å². The van der Waals surface area contributed by atoms with Gasteiger partial charge in [-0.1, -0.05) is 57.2 Å². The molecule has 6 bridgehead atoms. The highest BCUT2D eigenvalue weighted by molar-refractivity contribution is 5.63. The third kappa shape index (κ3) is 6.41. The first kappa shape index (κ1) is 22.0. The van der Waals surface area contributed by atoms with Crippen LogP contribution < -0.4 is 10.1 Å². The van der Waals surface area contributed by atoms with Crippen LogP contribution in [0.5, 0.6) is 5.75 Å². The first-order valence-corrected chi connectivity index (χ1v) is 11.2. The summed E-state index contributed by atoms with van der Waals surface area (Å²) in [5.41, 5.74) is 4.35. The topological polar surface area (TPSA) is 50.3 Å². The number of benzene rings is 2. The van der Waals surface area contributed by atoms with Crippen molar-refractivity contribution in [1.82, 2.24) is 14.9 Å². The van der Waals surface area contributed by atoms with Crippen molar-refractivity contribution >= 4 is 11.6 Å². The summed E-state index contributed by atoms with van der Waals surface area (Å²) in [6, 6.07) is 18.5. The number of ether oxygens (including phenoxy) is 1. The molecule has 0 aliphatic carbocycles. The molecular weight excluding hydrogens is 396 g/mol. The maximum absolute atomic E-state index is 5.98. The van der Waals surface area contributed by atoms with Crippen LogP contribution in [0.3, 0.4) is 0 Å². The summed E-state index contributed by atoms with van der Waals surface area (Å²) < 4.78 is 5.98. The smallest absolute Gasteiger partial charge is 0.227 e. The van der Waals surface area contributed by atoms with Crippen LogP contribution in [0.25, 0.3) is 11.3 Å². The third-order valence-corrected chi connectivity index (χ3v) is 5.16. The molecule has 1 N–H and O–H groups in total. The van der Waals surface area contributed by atoms with E-state index in [0.29, 0.717) is 12.6 Å². The molecule has 1 aromatic heterocycles. The van der Waals surface area contributed by atoms with E-state index in [9.17, 15) is 0 Å². The van der Waals surface area contributed by atoms with Crippen molar-refractivity contribution in [3.05, 3.63) is 78.5 Å². The SMILES string of the molecule is CC(C)(C)CN1C/C=C/CCOc2cccc(c2)-c2ccnc(n2)Nc2cccc(c2)C1. The van der Waals surface area contributed by atoms with Crippen molar-refractivity contribution in [2.24, 2.45) is 5.41 Å². The zero-order valence-electron chi connectivity index (χ0n) is 19.2. The Bertz CT molecular complexity index is 1070. The molecule has 1 aliphatic rings.